The Morgan fingerprint density at radius 2 is 1.89 bits per heavy atom. The van der Waals surface area contributed by atoms with E-state index in [-0.39, 0.29) is 17.3 Å². The molecule has 1 aliphatic carbocycles. The topological polar surface area (TPSA) is 97.2 Å². The van der Waals surface area contributed by atoms with Crippen molar-refractivity contribution in [3.8, 4) is 5.13 Å². The number of thiazole rings is 1. The van der Waals surface area contributed by atoms with Gasteiger partial charge < -0.3 is 5.32 Å². The summed E-state index contributed by atoms with van der Waals surface area (Å²) in [4.78, 5) is 18.5. The zero-order valence-corrected chi connectivity index (χ0v) is 21.6. The van der Waals surface area contributed by atoms with Crippen molar-refractivity contribution in [3.63, 3.8) is 0 Å². The number of carbonyl (C=O) groups is 1. The van der Waals surface area contributed by atoms with Crippen LogP contribution in [0.2, 0.25) is 0 Å². The third-order valence-corrected chi connectivity index (χ3v) is 9.92. The number of fused-ring (bicyclic) bond motifs is 2. The molecule has 3 heterocycles. The molecule has 2 aromatic heterocycles. The van der Waals surface area contributed by atoms with E-state index in [0.29, 0.717) is 30.3 Å². The van der Waals surface area contributed by atoms with Gasteiger partial charge in [0.05, 0.1) is 26.7 Å². The molecule has 1 atom stereocenters. The molecule has 8 nitrogen and oxygen atoms in total. The van der Waals surface area contributed by atoms with Gasteiger partial charge in [-0.2, -0.15) is 14.1 Å². The normalized spacial score (nSPS) is 18.4. The first-order valence-corrected chi connectivity index (χ1v) is 14.5. The number of piperidine rings is 1. The lowest BCUT2D eigenvalue weighted by molar-refractivity contribution is -0.120. The lowest BCUT2D eigenvalue weighted by Crippen LogP contribution is -2.43. The quantitative estimate of drug-likeness (QED) is 0.422. The van der Waals surface area contributed by atoms with Crippen LogP contribution in [-0.4, -0.2) is 46.5 Å². The number of anilines is 1. The smallest absolute Gasteiger partial charge is 0.243 e. The number of para-hydroxylation sites is 1. The molecular weight excluding hydrogens is 494 g/mol. The van der Waals surface area contributed by atoms with Crippen molar-refractivity contribution in [2.24, 2.45) is 5.92 Å². The van der Waals surface area contributed by atoms with E-state index in [9.17, 15) is 13.2 Å². The second-order valence-corrected chi connectivity index (χ2v) is 12.5. The average Bonchev–Trinajstić information content (AvgIpc) is 3.60. The molecule has 4 aromatic rings. The third kappa shape index (κ3) is 4.12. The van der Waals surface area contributed by atoms with E-state index in [0.717, 1.165) is 46.3 Å². The van der Waals surface area contributed by atoms with Gasteiger partial charge in [-0.15, -0.1) is 0 Å². The Kier molecular flexibility index (Phi) is 5.89. The van der Waals surface area contributed by atoms with E-state index in [2.05, 4.69) is 5.32 Å². The average molecular weight is 522 g/mol. The van der Waals surface area contributed by atoms with Crippen LogP contribution in [-0.2, 0) is 27.7 Å². The maximum atomic E-state index is 13.5. The van der Waals surface area contributed by atoms with Gasteiger partial charge in [0, 0.05) is 18.7 Å². The molecule has 0 unspecified atom stereocenters. The fourth-order valence-electron chi connectivity index (χ4n) is 5.06. The zero-order chi connectivity index (χ0) is 24.9. The highest BCUT2D eigenvalue weighted by molar-refractivity contribution is 7.89. The molecule has 1 amide bonds. The number of benzene rings is 2. The fourth-order valence-corrected chi connectivity index (χ4v) is 7.51. The lowest BCUT2D eigenvalue weighted by atomic mass is 9.99. The number of hydrogen-bond acceptors (Lipinski definition) is 6. The van der Waals surface area contributed by atoms with Gasteiger partial charge in [-0.1, -0.05) is 41.2 Å². The molecule has 0 saturated carbocycles. The Balaban J connectivity index is 1.26. The van der Waals surface area contributed by atoms with Crippen molar-refractivity contribution in [2.45, 2.75) is 43.9 Å². The minimum absolute atomic E-state index is 0.166. The second-order valence-electron chi connectivity index (χ2n) is 9.51. The summed E-state index contributed by atoms with van der Waals surface area (Å²) in [6.07, 6.45) is 4.02. The van der Waals surface area contributed by atoms with Crippen LogP contribution in [0.3, 0.4) is 0 Å². The number of nitrogens with one attached hydrogen (secondary N) is 1. The summed E-state index contributed by atoms with van der Waals surface area (Å²) in [5.41, 5.74) is 3.95. The Labute approximate surface area is 214 Å². The highest BCUT2D eigenvalue weighted by atomic mass is 32.2. The van der Waals surface area contributed by atoms with E-state index in [1.54, 1.807) is 28.9 Å². The summed E-state index contributed by atoms with van der Waals surface area (Å²) in [7, 11) is -3.66. The summed E-state index contributed by atoms with van der Waals surface area (Å²) in [6, 6.07) is 14.8. The number of nitrogens with zero attached hydrogens (tertiary/aromatic N) is 4. The fraction of sp³-hybridized carbons (Fsp3) is 0.346. The molecule has 1 aliphatic heterocycles. The Morgan fingerprint density at radius 3 is 2.69 bits per heavy atom. The van der Waals surface area contributed by atoms with Gasteiger partial charge >= 0.3 is 0 Å². The molecule has 6 rings (SSSR count). The van der Waals surface area contributed by atoms with Gasteiger partial charge in [0.15, 0.2) is 0 Å². The van der Waals surface area contributed by atoms with Crippen LogP contribution in [0, 0.1) is 12.8 Å². The summed E-state index contributed by atoms with van der Waals surface area (Å²) < 4.78 is 30.7. The number of rotatable bonds is 5. The highest BCUT2D eigenvalue weighted by Gasteiger charge is 2.35. The highest BCUT2D eigenvalue weighted by Crippen LogP contribution is 2.34. The monoisotopic (exact) mass is 521 g/mol. The van der Waals surface area contributed by atoms with Crippen molar-refractivity contribution < 1.29 is 13.2 Å². The largest absolute Gasteiger partial charge is 0.310 e. The van der Waals surface area contributed by atoms with Crippen molar-refractivity contribution in [2.75, 3.05) is 18.4 Å². The Hall–Kier alpha value is -3.08. The van der Waals surface area contributed by atoms with Gasteiger partial charge in [-0.3, -0.25) is 4.79 Å². The minimum Gasteiger partial charge on any atom is -0.310 e. The van der Waals surface area contributed by atoms with Crippen molar-refractivity contribution in [1.82, 2.24) is 19.1 Å². The van der Waals surface area contributed by atoms with Crippen LogP contribution >= 0.6 is 11.3 Å². The van der Waals surface area contributed by atoms with Crippen LogP contribution in [0.15, 0.2) is 53.4 Å². The summed E-state index contributed by atoms with van der Waals surface area (Å²) in [6.45, 7) is 2.51. The predicted octanol–water partition coefficient (Wildman–Crippen LogP) is 4.32. The molecule has 1 saturated heterocycles. The first kappa shape index (κ1) is 23.3. The standard InChI is InChI=1S/C26H27N5O3S2/c1-17-11-13-19(14-12-17)36(33,34)30-15-5-6-18(16-30)25(32)28-24-20-7-4-9-21(20)29-31(24)26-27-22-8-2-3-10-23(22)35-26/h2-3,8,10-14,18H,4-7,9,15-16H2,1H3,(H,28,32)/t18-/m0/s1. The van der Waals surface area contributed by atoms with Crippen molar-refractivity contribution in [3.05, 3.63) is 65.4 Å². The summed E-state index contributed by atoms with van der Waals surface area (Å²) in [5.74, 6) is 0.0654. The number of hydrogen-bond donors (Lipinski definition) is 1. The maximum Gasteiger partial charge on any atom is 0.243 e. The minimum atomic E-state index is -3.66. The van der Waals surface area contributed by atoms with Gasteiger partial charge in [-0.05, 0) is 63.3 Å². The van der Waals surface area contributed by atoms with Gasteiger partial charge in [0.1, 0.15) is 5.82 Å². The van der Waals surface area contributed by atoms with Crippen LogP contribution < -0.4 is 5.32 Å². The number of carbonyl (C=O) groups excluding carboxylic acids is 1. The Morgan fingerprint density at radius 1 is 1.08 bits per heavy atom. The molecule has 36 heavy (non-hydrogen) atoms. The second kappa shape index (κ2) is 9.10. The molecule has 0 spiro atoms. The lowest BCUT2D eigenvalue weighted by Gasteiger charge is -2.31. The number of amides is 1. The third-order valence-electron chi connectivity index (χ3n) is 7.03. The van der Waals surface area contributed by atoms with E-state index < -0.39 is 15.9 Å². The molecule has 2 aliphatic rings. The van der Waals surface area contributed by atoms with Crippen molar-refractivity contribution >= 4 is 43.3 Å². The van der Waals surface area contributed by atoms with Gasteiger partial charge in [0.2, 0.25) is 21.1 Å². The number of aromatic nitrogens is 3. The molecule has 1 fully saturated rings. The van der Waals surface area contributed by atoms with E-state index >= 15 is 0 Å². The first-order valence-electron chi connectivity index (χ1n) is 12.2. The maximum absolute atomic E-state index is 13.5. The van der Waals surface area contributed by atoms with Crippen LogP contribution in [0.4, 0.5) is 5.82 Å². The zero-order valence-electron chi connectivity index (χ0n) is 20.0. The molecule has 0 bridgehead atoms. The summed E-state index contributed by atoms with van der Waals surface area (Å²) in [5, 5.41) is 8.64. The van der Waals surface area contributed by atoms with E-state index in [4.69, 9.17) is 10.1 Å². The summed E-state index contributed by atoms with van der Waals surface area (Å²) >= 11 is 1.54. The number of aryl methyl sites for hydroxylation is 2. The van der Waals surface area contributed by atoms with Gasteiger partial charge in [-0.25, -0.2) is 13.4 Å². The van der Waals surface area contributed by atoms with E-state index in [1.165, 1.54) is 15.6 Å². The van der Waals surface area contributed by atoms with Crippen molar-refractivity contribution in [1.29, 1.82) is 0 Å². The Bertz CT molecular complexity index is 1520. The van der Waals surface area contributed by atoms with Crippen LogP contribution in [0.1, 0.15) is 36.1 Å². The van der Waals surface area contributed by atoms with Crippen LogP contribution in [0.25, 0.3) is 15.3 Å². The predicted molar refractivity (Wildman–Crippen MR) is 140 cm³/mol. The molecule has 10 heteroatoms. The van der Waals surface area contributed by atoms with Gasteiger partial charge in [0.25, 0.3) is 0 Å². The molecule has 0 radical (unpaired) electrons. The van der Waals surface area contributed by atoms with E-state index in [1.807, 2.05) is 31.2 Å². The molecule has 1 N–H and O–H groups in total. The molecule has 2 aromatic carbocycles. The first-order chi connectivity index (χ1) is 17.4. The van der Waals surface area contributed by atoms with Crippen LogP contribution in [0.5, 0.6) is 0 Å². The molecular formula is C26H27N5O3S2. The molecule has 186 valence electrons. The SMILES string of the molecule is Cc1ccc(S(=O)(=O)N2CCC[C@H](C(=O)Nc3c4c(nn3-c3nc5ccccc5s3)CCC4)C2)cc1. The number of sulfonamides is 1.